The highest BCUT2D eigenvalue weighted by molar-refractivity contribution is 8.00. The number of benzene rings is 2. The van der Waals surface area contributed by atoms with E-state index in [4.69, 9.17) is 0 Å². The van der Waals surface area contributed by atoms with E-state index in [0.717, 1.165) is 23.0 Å². The van der Waals surface area contributed by atoms with E-state index in [9.17, 15) is 4.79 Å². The van der Waals surface area contributed by atoms with Gasteiger partial charge in [-0.15, -0.1) is 0 Å². The summed E-state index contributed by atoms with van der Waals surface area (Å²) in [6.45, 7) is 9.79. The summed E-state index contributed by atoms with van der Waals surface area (Å²) >= 11 is 1.86. The average molecular weight is 480 g/mol. The summed E-state index contributed by atoms with van der Waals surface area (Å²) in [7, 11) is 0. The largest absolute Gasteiger partial charge is 0.322 e. The van der Waals surface area contributed by atoms with Crippen molar-refractivity contribution in [3.8, 4) is 0 Å². The zero-order chi connectivity index (χ0) is 24.6. The Morgan fingerprint density at radius 3 is 2.26 bits per heavy atom. The molecule has 0 aliphatic carbocycles. The lowest BCUT2D eigenvalue weighted by Crippen LogP contribution is -2.21. The molecule has 1 fully saturated rings. The molecule has 4 nitrogen and oxygen atoms in total. The minimum Gasteiger partial charge on any atom is -0.322 e. The van der Waals surface area contributed by atoms with Crippen molar-refractivity contribution in [1.82, 2.24) is 4.98 Å². The van der Waals surface area contributed by atoms with Crippen LogP contribution < -0.4 is 9.62 Å². The molecule has 1 aliphatic heterocycles. The second-order valence-electron chi connectivity index (χ2n) is 8.50. The molecule has 3 aromatic rings. The van der Waals surface area contributed by atoms with Crippen molar-refractivity contribution in [3.63, 3.8) is 0 Å². The summed E-state index contributed by atoms with van der Waals surface area (Å²) < 4.78 is 2.31. The number of rotatable bonds is 6. The van der Waals surface area contributed by atoms with Gasteiger partial charge >= 0.3 is 0 Å². The van der Waals surface area contributed by atoms with Crippen LogP contribution in [0.3, 0.4) is 0 Å². The molecule has 0 unspecified atom stereocenters. The molecular formula is C29H41N3OS. The minimum atomic E-state index is -0.0914. The highest BCUT2D eigenvalue weighted by Crippen LogP contribution is 2.28. The van der Waals surface area contributed by atoms with Crippen molar-refractivity contribution < 1.29 is 4.79 Å². The predicted molar refractivity (Wildman–Crippen MR) is 151 cm³/mol. The molecule has 1 N–H and O–H groups in total. The van der Waals surface area contributed by atoms with Crippen molar-refractivity contribution in [2.24, 2.45) is 0 Å². The number of anilines is 2. The van der Waals surface area contributed by atoms with Gasteiger partial charge in [0.1, 0.15) is 0 Å². The Kier molecular flexibility index (Phi) is 13.2. The van der Waals surface area contributed by atoms with E-state index in [1.807, 2.05) is 66.7 Å². The quantitative estimate of drug-likeness (QED) is 0.283. The van der Waals surface area contributed by atoms with Crippen molar-refractivity contribution >= 4 is 40.0 Å². The molecule has 0 atom stereocenters. The smallest absolute Gasteiger partial charge is 0.255 e. The Morgan fingerprint density at radius 2 is 1.65 bits per heavy atom. The van der Waals surface area contributed by atoms with Gasteiger partial charge in [-0.3, -0.25) is 9.78 Å². The molecule has 1 aliphatic rings. The highest BCUT2D eigenvalue weighted by atomic mass is 32.2. The maximum atomic E-state index is 12.5. The Hall–Kier alpha value is -2.53. The van der Waals surface area contributed by atoms with Gasteiger partial charge in [0.25, 0.3) is 5.91 Å². The number of aromatic nitrogens is 1. The van der Waals surface area contributed by atoms with E-state index >= 15 is 0 Å². The van der Waals surface area contributed by atoms with Gasteiger partial charge in [-0.1, -0.05) is 65.9 Å². The Morgan fingerprint density at radius 1 is 0.941 bits per heavy atom. The van der Waals surface area contributed by atoms with Crippen LogP contribution in [0, 0.1) is 0 Å². The normalized spacial score (nSPS) is 12.8. The van der Waals surface area contributed by atoms with E-state index < -0.39 is 0 Å². The first kappa shape index (κ1) is 27.7. The van der Waals surface area contributed by atoms with Gasteiger partial charge in [-0.05, 0) is 72.6 Å². The van der Waals surface area contributed by atoms with Crippen molar-refractivity contribution in [3.05, 3.63) is 66.5 Å². The molecule has 1 amide bonds. The van der Waals surface area contributed by atoms with Gasteiger partial charge in [-0.2, -0.15) is 0 Å². The summed E-state index contributed by atoms with van der Waals surface area (Å²) in [5, 5.41) is 5.09. The van der Waals surface area contributed by atoms with Crippen LogP contribution in [0.2, 0.25) is 0 Å². The average Bonchev–Trinajstić information content (AvgIpc) is 2.89. The molecule has 4 rings (SSSR count). The third-order valence-corrected chi connectivity index (χ3v) is 6.45. The first-order valence-electron chi connectivity index (χ1n) is 12.8. The van der Waals surface area contributed by atoms with Gasteiger partial charge in [0.15, 0.2) is 0 Å². The second-order valence-corrected chi connectivity index (χ2v) is 9.60. The van der Waals surface area contributed by atoms with Gasteiger partial charge in [0.05, 0.1) is 0 Å². The number of nitrogens with zero attached hydrogens (tertiary/aromatic N) is 2. The number of unbranched alkanes of at least 4 members (excludes halogenated alkanes) is 3. The fraction of sp³-hybridized carbons (Fsp3) is 0.448. The first-order valence-corrected chi connectivity index (χ1v) is 13.7. The Balaban J connectivity index is 0.000000391. The summed E-state index contributed by atoms with van der Waals surface area (Å²) in [6.07, 6.45) is 12.9. The topological polar surface area (TPSA) is 45.2 Å². The van der Waals surface area contributed by atoms with Crippen LogP contribution >= 0.6 is 11.9 Å². The van der Waals surface area contributed by atoms with E-state index in [1.165, 1.54) is 56.4 Å². The number of carbonyl (C=O) groups excluding carboxylic acids is 1. The van der Waals surface area contributed by atoms with Crippen LogP contribution in [0.5, 0.6) is 0 Å². The number of carbonyl (C=O) groups is 1. The Bertz CT molecular complexity index is 965. The fourth-order valence-corrected chi connectivity index (χ4v) is 4.53. The fourth-order valence-electron chi connectivity index (χ4n) is 3.44. The summed E-state index contributed by atoms with van der Waals surface area (Å²) in [6, 6.07) is 15.6. The van der Waals surface area contributed by atoms with Crippen LogP contribution in [0.15, 0.2) is 60.9 Å². The third kappa shape index (κ3) is 9.38. The van der Waals surface area contributed by atoms with E-state index in [1.54, 1.807) is 6.20 Å². The lowest BCUT2D eigenvalue weighted by atomic mass is 10.1. The number of pyridine rings is 1. The van der Waals surface area contributed by atoms with Gasteiger partial charge in [0.2, 0.25) is 0 Å². The number of nitrogens with one attached hydrogen (secondary N) is 1. The molecular weight excluding hydrogens is 438 g/mol. The zero-order valence-electron chi connectivity index (χ0n) is 21.3. The van der Waals surface area contributed by atoms with E-state index in [2.05, 4.69) is 42.3 Å². The third-order valence-electron chi connectivity index (χ3n) is 5.28. The predicted octanol–water partition coefficient (Wildman–Crippen LogP) is 8.74. The molecule has 0 spiro atoms. The molecule has 2 aromatic carbocycles. The Labute approximate surface area is 210 Å². The molecule has 0 radical (unpaired) electrons. The highest BCUT2D eigenvalue weighted by Gasteiger charge is 2.13. The van der Waals surface area contributed by atoms with Crippen molar-refractivity contribution in [1.29, 1.82) is 0 Å². The van der Waals surface area contributed by atoms with Crippen LogP contribution in [0.1, 0.15) is 83.0 Å². The van der Waals surface area contributed by atoms with Crippen molar-refractivity contribution in [2.75, 3.05) is 21.9 Å². The maximum Gasteiger partial charge on any atom is 0.255 e. The molecule has 0 bridgehead atoms. The summed E-state index contributed by atoms with van der Waals surface area (Å²) in [4.78, 5) is 16.6. The lowest BCUT2D eigenvalue weighted by Gasteiger charge is -2.27. The molecule has 1 saturated heterocycles. The van der Waals surface area contributed by atoms with E-state index in [0.29, 0.717) is 5.56 Å². The second kappa shape index (κ2) is 16.2. The van der Waals surface area contributed by atoms with E-state index in [-0.39, 0.29) is 5.91 Å². The SMILES string of the molecule is CCC.CCCCCC.O=C(Nc1ccc2cnccc2c1)c1ccc(N2CCCCS2)cc1. The summed E-state index contributed by atoms with van der Waals surface area (Å²) in [5.41, 5.74) is 2.62. The van der Waals surface area contributed by atoms with Crippen LogP contribution in [0.25, 0.3) is 10.8 Å². The molecule has 2 heterocycles. The molecule has 1 aromatic heterocycles. The lowest BCUT2D eigenvalue weighted by molar-refractivity contribution is 0.102. The number of hydrogen-bond donors (Lipinski definition) is 1. The van der Waals surface area contributed by atoms with Crippen molar-refractivity contribution in [2.45, 2.75) is 72.6 Å². The minimum absolute atomic E-state index is 0.0914. The maximum absolute atomic E-state index is 12.5. The molecule has 0 saturated carbocycles. The van der Waals surface area contributed by atoms with Crippen LogP contribution in [0.4, 0.5) is 11.4 Å². The molecule has 34 heavy (non-hydrogen) atoms. The number of amides is 1. The van der Waals surface area contributed by atoms with Crippen LogP contribution in [-0.2, 0) is 0 Å². The summed E-state index contributed by atoms with van der Waals surface area (Å²) in [5.74, 6) is 1.07. The van der Waals surface area contributed by atoms with Gasteiger partial charge in [-0.25, -0.2) is 0 Å². The number of fused-ring (bicyclic) bond motifs is 1. The van der Waals surface area contributed by atoms with Gasteiger partial charge < -0.3 is 9.62 Å². The zero-order valence-corrected chi connectivity index (χ0v) is 22.2. The van der Waals surface area contributed by atoms with Gasteiger partial charge in [0, 0.05) is 47.0 Å². The first-order chi connectivity index (χ1) is 16.6. The molecule has 5 heteroatoms. The monoisotopic (exact) mass is 479 g/mol. The van der Waals surface area contributed by atoms with Crippen LogP contribution in [-0.4, -0.2) is 23.2 Å². The molecule has 184 valence electrons. The number of hydrogen-bond acceptors (Lipinski definition) is 4. The standard InChI is InChI=1S/C20H19N3OS.C6H14.C3H8/c24-20(22-18-6-3-17-14-21-10-9-16(17)13-18)15-4-7-19(8-5-15)23-11-1-2-12-25-23;1-3-5-6-4-2;1-3-2/h3-10,13-14H,1-2,11-12H2,(H,22,24);3-6H2,1-2H3;3H2,1-2H3.